The van der Waals surface area contributed by atoms with Gasteiger partial charge in [0.15, 0.2) is 0 Å². The van der Waals surface area contributed by atoms with Gasteiger partial charge in [0, 0.05) is 10.4 Å². The molecule has 0 aromatic heterocycles. The highest BCUT2D eigenvalue weighted by Gasteiger charge is 2.13. The lowest BCUT2D eigenvalue weighted by Gasteiger charge is -2.09. The van der Waals surface area contributed by atoms with Crippen LogP contribution in [0.2, 0.25) is 5.02 Å². The molecule has 94 valence electrons. The Morgan fingerprint density at radius 2 is 1.58 bits per heavy atom. The lowest BCUT2D eigenvalue weighted by molar-refractivity contribution is 0.0603. The van der Waals surface area contributed by atoms with Crippen LogP contribution in [0.3, 0.4) is 0 Å². The van der Waals surface area contributed by atoms with Crippen LogP contribution in [-0.2, 0) is 4.74 Å². The van der Waals surface area contributed by atoms with E-state index in [-0.39, 0.29) is 5.97 Å². The van der Waals surface area contributed by atoms with Crippen molar-refractivity contribution in [2.75, 3.05) is 7.11 Å². The van der Waals surface area contributed by atoms with Gasteiger partial charge in [0.2, 0.25) is 0 Å². The Hall–Kier alpha value is -2.06. The van der Waals surface area contributed by atoms with Crippen LogP contribution in [-0.4, -0.2) is 13.1 Å². The fourth-order valence-electron chi connectivity index (χ4n) is 2.37. The van der Waals surface area contributed by atoms with E-state index >= 15 is 0 Å². The molecular formula is C16H11ClO2. The van der Waals surface area contributed by atoms with Crippen LogP contribution in [0.1, 0.15) is 10.4 Å². The standard InChI is InChI=1S/C16H11ClO2/c1-19-16(18)13-8-4-7-11-10-5-2-3-6-12(10)15(17)9-14(11)13/h2-9H,1H3. The van der Waals surface area contributed by atoms with Crippen LogP contribution in [0, 0.1) is 0 Å². The monoisotopic (exact) mass is 270 g/mol. The molecule has 0 fully saturated rings. The normalized spacial score (nSPS) is 10.8. The molecule has 3 aromatic carbocycles. The van der Waals surface area contributed by atoms with Crippen LogP contribution in [0.4, 0.5) is 0 Å². The molecule has 3 rings (SSSR count). The summed E-state index contributed by atoms with van der Waals surface area (Å²) in [6, 6.07) is 15.3. The number of carbonyl (C=O) groups is 1. The molecular weight excluding hydrogens is 260 g/mol. The highest BCUT2D eigenvalue weighted by molar-refractivity contribution is 6.38. The fourth-order valence-corrected chi connectivity index (χ4v) is 2.65. The lowest BCUT2D eigenvalue weighted by atomic mass is 9.98. The fraction of sp³-hybridized carbons (Fsp3) is 0.0625. The zero-order chi connectivity index (χ0) is 13.4. The first kappa shape index (κ1) is 12.0. The summed E-state index contributed by atoms with van der Waals surface area (Å²) in [4.78, 5) is 11.8. The molecule has 0 amide bonds. The zero-order valence-corrected chi connectivity index (χ0v) is 11.1. The third-order valence-corrected chi connectivity index (χ3v) is 3.57. The molecule has 0 atom stereocenters. The van der Waals surface area contributed by atoms with Crippen molar-refractivity contribution in [3.8, 4) is 0 Å². The number of ether oxygens (including phenoxy) is 1. The number of rotatable bonds is 1. The molecule has 0 aliphatic carbocycles. The van der Waals surface area contributed by atoms with Crippen molar-refractivity contribution < 1.29 is 9.53 Å². The van der Waals surface area contributed by atoms with E-state index in [1.54, 1.807) is 6.07 Å². The second-order valence-corrected chi connectivity index (χ2v) is 4.70. The van der Waals surface area contributed by atoms with Crippen molar-refractivity contribution in [1.29, 1.82) is 0 Å². The maximum atomic E-state index is 11.8. The summed E-state index contributed by atoms with van der Waals surface area (Å²) in [6.07, 6.45) is 0. The van der Waals surface area contributed by atoms with Gasteiger partial charge in [-0.15, -0.1) is 0 Å². The second kappa shape index (κ2) is 4.56. The summed E-state index contributed by atoms with van der Waals surface area (Å²) in [7, 11) is 1.38. The number of benzene rings is 3. The Kier molecular flexibility index (Phi) is 2.88. The molecule has 0 saturated carbocycles. The topological polar surface area (TPSA) is 26.3 Å². The van der Waals surface area contributed by atoms with E-state index < -0.39 is 0 Å². The maximum absolute atomic E-state index is 11.8. The molecule has 3 heteroatoms. The van der Waals surface area contributed by atoms with E-state index in [2.05, 4.69) is 0 Å². The van der Waals surface area contributed by atoms with E-state index in [1.165, 1.54) is 7.11 Å². The van der Waals surface area contributed by atoms with Crippen molar-refractivity contribution in [3.63, 3.8) is 0 Å². The van der Waals surface area contributed by atoms with Gasteiger partial charge in [0.1, 0.15) is 0 Å². The first-order chi connectivity index (χ1) is 9.22. The molecule has 0 saturated heterocycles. The van der Waals surface area contributed by atoms with Crippen LogP contribution in [0.15, 0.2) is 48.5 Å². The number of fused-ring (bicyclic) bond motifs is 3. The SMILES string of the molecule is COC(=O)c1cccc2c1cc(Cl)c1ccccc12. The van der Waals surface area contributed by atoms with Crippen LogP contribution in [0.25, 0.3) is 21.5 Å². The predicted molar refractivity (Wildman–Crippen MR) is 77.8 cm³/mol. The largest absolute Gasteiger partial charge is 0.465 e. The predicted octanol–water partition coefficient (Wildman–Crippen LogP) is 4.43. The first-order valence-electron chi connectivity index (χ1n) is 5.90. The molecule has 3 aromatic rings. The Morgan fingerprint density at radius 3 is 2.32 bits per heavy atom. The lowest BCUT2D eigenvalue weighted by Crippen LogP contribution is -2.01. The summed E-state index contributed by atoms with van der Waals surface area (Å²) in [5, 5.41) is 4.48. The number of esters is 1. The second-order valence-electron chi connectivity index (χ2n) is 4.30. The van der Waals surface area contributed by atoms with Gasteiger partial charge in [-0.1, -0.05) is 48.0 Å². The smallest absolute Gasteiger partial charge is 0.338 e. The number of hydrogen-bond acceptors (Lipinski definition) is 2. The minimum absolute atomic E-state index is 0.350. The Balaban J connectivity index is 2.49. The third kappa shape index (κ3) is 1.85. The van der Waals surface area contributed by atoms with Crippen LogP contribution < -0.4 is 0 Å². The van der Waals surface area contributed by atoms with Gasteiger partial charge in [0.05, 0.1) is 12.7 Å². The molecule has 0 aliphatic rings. The summed E-state index contributed by atoms with van der Waals surface area (Å²) < 4.78 is 4.81. The Bertz CT molecular complexity index is 793. The average molecular weight is 271 g/mol. The summed E-state index contributed by atoms with van der Waals surface area (Å²) in [6.45, 7) is 0. The highest BCUT2D eigenvalue weighted by atomic mass is 35.5. The van der Waals surface area contributed by atoms with Crippen molar-refractivity contribution in [2.45, 2.75) is 0 Å². The highest BCUT2D eigenvalue weighted by Crippen LogP contribution is 2.33. The third-order valence-electron chi connectivity index (χ3n) is 3.26. The van der Waals surface area contributed by atoms with E-state index in [1.807, 2.05) is 42.5 Å². The molecule has 0 radical (unpaired) electrons. The van der Waals surface area contributed by atoms with Gasteiger partial charge in [0.25, 0.3) is 0 Å². The van der Waals surface area contributed by atoms with Gasteiger partial charge in [-0.2, -0.15) is 0 Å². The summed E-state index contributed by atoms with van der Waals surface area (Å²) >= 11 is 6.30. The van der Waals surface area contributed by atoms with Crippen LogP contribution in [0.5, 0.6) is 0 Å². The van der Waals surface area contributed by atoms with Gasteiger partial charge in [-0.3, -0.25) is 0 Å². The maximum Gasteiger partial charge on any atom is 0.338 e. The van der Waals surface area contributed by atoms with E-state index in [4.69, 9.17) is 16.3 Å². The summed E-state index contributed by atoms with van der Waals surface area (Å²) in [5.74, 6) is -0.350. The Labute approximate surface area is 115 Å². The van der Waals surface area contributed by atoms with Crippen molar-refractivity contribution in [3.05, 3.63) is 59.1 Å². The molecule has 0 spiro atoms. The summed E-state index contributed by atoms with van der Waals surface area (Å²) in [5.41, 5.74) is 0.535. The number of carbonyl (C=O) groups excluding carboxylic acids is 1. The van der Waals surface area contributed by atoms with E-state index in [9.17, 15) is 4.79 Å². The van der Waals surface area contributed by atoms with Crippen molar-refractivity contribution in [1.82, 2.24) is 0 Å². The van der Waals surface area contributed by atoms with Gasteiger partial charge in [-0.25, -0.2) is 4.79 Å². The zero-order valence-electron chi connectivity index (χ0n) is 10.3. The van der Waals surface area contributed by atoms with E-state index in [0.29, 0.717) is 10.6 Å². The molecule has 0 heterocycles. The molecule has 0 bridgehead atoms. The van der Waals surface area contributed by atoms with Crippen molar-refractivity contribution >= 4 is 39.1 Å². The van der Waals surface area contributed by atoms with Gasteiger partial charge < -0.3 is 4.74 Å². The first-order valence-corrected chi connectivity index (χ1v) is 6.28. The number of methoxy groups -OCH3 is 1. The van der Waals surface area contributed by atoms with Gasteiger partial charge in [-0.05, 0) is 28.3 Å². The van der Waals surface area contributed by atoms with E-state index in [0.717, 1.165) is 21.5 Å². The number of halogens is 1. The van der Waals surface area contributed by atoms with Crippen molar-refractivity contribution in [2.24, 2.45) is 0 Å². The molecule has 0 N–H and O–H groups in total. The van der Waals surface area contributed by atoms with Crippen LogP contribution >= 0.6 is 11.6 Å². The minimum Gasteiger partial charge on any atom is -0.465 e. The Morgan fingerprint density at radius 1 is 0.947 bits per heavy atom. The number of hydrogen-bond donors (Lipinski definition) is 0. The molecule has 0 aliphatic heterocycles. The minimum atomic E-state index is -0.350. The molecule has 0 unspecified atom stereocenters. The average Bonchev–Trinajstić information content (AvgIpc) is 2.46. The molecule has 19 heavy (non-hydrogen) atoms. The quantitative estimate of drug-likeness (QED) is 0.483. The van der Waals surface area contributed by atoms with Gasteiger partial charge >= 0.3 is 5.97 Å². The molecule has 2 nitrogen and oxygen atoms in total.